The average molecular weight is 228 g/mol. The van der Waals surface area contributed by atoms with Gasteiger partial charge >= 0.3 is 5.97 Å². The van der Waals surface area contributed by atoms with Gasteiger partial charge < -0.3 is 14.3 Å². The Morgan fingerprint density at radius 2 is 2.25 bits per heavy atom. The van der Waals surface area contributed by atoms with Gasteiger partial charge in [-0.25, -0.2) is 0 Å². The average Bonchev–Trinajstić information content (AvgIpc) is 2.53. The maximum atomic E-state index is 11.4. The molecular weight excluding hydrogens is 212 g/mol. The van der Waals surface area contributed by atoms with Crippen molar-refractivity contribution in [2.75, 3.05) is 13.7 Å². The molecule has 0 bridgehead atoms. The number of esters is 1. The molecule has 0 radical (unpaired) electrons. The van der Waals surface area contributed by atoms with Gasteiger partial charge in [0.25, 0.3) is 0 Å². The Bertz CT molecular complexity index is 286. The van der Waals surface area contributed by atoms with E-state index in [-0.39, 0.29) is 18.3 Å². The number of rotatable bonds is 6. The highest BCUT2D eigenvalue weighted by Crippen LogP contribution is 2.31. The van der Waals surface area contributed by atoms with Crippen molar-refractivity contribution >= 4 is 18.0 Å². The summed E-state index contributed by atoms with van der Waals surface area (Å²) < 4.78 is 9.85. The van der Waals surface area contributed by atoms with Gasteiger partial charge in [-0.2, -0.15) is 0 Å². The van der Waals surface area contributed by atoms with E-state index in [1.807, 2.05) is 0 Å². The molecule has 0 aromatic carbocycles. The van der Waals surface area contributed by atoms with Gasteiger partial charge in [-0.1, -0.05) is 0 Å². The number of carbonyl (C=O) groups is 3. The SMILES string of the molecule is COC[C@H]1C(=O)O[C@@H](C=O)[C@@H]1CCC(C)=O. The van der Waals surface area contributed by atoms with Crippen LogP contribution in [-0.4, -0.2) is 37.9 Å². The molecule has 5 heteroatoms. The minimum absolute atomic E-state index is 0.0418. The fraction of sp³-hybridized carbons (Fsp3) is 0.727. The Labute approximate surface area is 94.1 Å². The molecule has 0 N–H and O–H groups in total. The first-order valence-corrected chi connectivity index (χ1v) is 5.24. The summed E-state index contributed by atoms with van der Waals surface area (Å²) in [5.41, 5.74) is 0. The summed E-state index contributed by atoms with van der Waals surface area (Å²) in [6.07, 6.45) is 0.731. The normalized spacial score (nSPS) is 28.9. The number of hydrogen-bond donors (Lipinski definition) is 0. The highest BCUT2D eigenvalue weighted by molar-refractivity contribution is 5.80. The van der Waals surface area contributed by atoms with Crippen molar-refractivity contribution in [3.63, 3.8) is 0 Å². The highest BCUT2D eigenvalue weighted by Gasteiger charge is 2.44. The largest absolute Gasteiger partial charge is 0.454 e. The quantitative estimate of drug-likeness (QED) is 0.485. The van der Waals surface area contributed by atoms with E-state index in [9.17, 15) is 14.4 Å². The first kappa shape index (κ1) is 12.8. The molecule has 1 aliphatic rings. The third-order valence-electron chi connectivity index (χ3n) is 2.80. The predicted octanol–water partition coefficient (Wildman–Crippen LogP) is 0.359. The number of cyclic esters (lactones) is 1. The zero-order valence-corrected chi connectivity index (χ0v) is 9.47. The molecule has 1 saturated heterocycles. The van der Waals surface area contributed by atoms with Crippen molar-refractivity contribution in [1.29, 1.82) is 0 Å². The molecule has 0 aromatic heterocycles. The monoisotopic (exact) mass is 228 g/mol. The van der Waals surface area contributed by atoms with Gasteiger partial charge in [0.1, 0.15) is 5.78 Å². The van der Waals surface area contributed by atoms with Crippen LogP contribution in [0.25, 0.3) is 0 Å². The Balaban J connectivity index is 2.67. The molecule has 0 aliphatic carbocycles. The fourth-order valence-electron chi connectivity index (χ4n) is 1.95. The highest BCUT2D eigenvalue weighted by atomic mass is 16.6. The van der Waals surface area contributed by atoms with Crippen molar-refractivity contribution in [1.82, 2.24) is 0 Å². The van der Waals surface area contributed by atoms with Crippen LogP contribution in [0.5, 0.6) is 0 Å². The number of carbonyl (C=O) groups excluding carboxylic acids is 3. The standard InChI is InChI=1S/C11H16O5/c1-7(13)3-4-8-9(6-15-2)11(14)16-10(8)5-12/h5,8-10H,3-4,6H2,1-2H3/t8-,9-,10+/m1/s1. The van der Waals surface area contributed by atoms with E-state index >= 15 is 0 Å². The molecule has 3 atom stereocenters. The van der Waals surface area contributed by atoms with Crippen molar-refractivity contribution in [2.45, 2.75) is 25.9 Å². The van der Waals surface area contributed by atoms with Gasteiger partial charge in [0.15, 0.2) is 12.4 Å². The Hall–Kier alpha value is -1.23. The topological polar surface area (TPSA) is 69.7 Å². The minimum atomic E-state index is -0.730. The second kappa shape index (κ2) is 5.75. The summed E-state index contributed by atoms with van der Waals surface area (Å²) >= 11 is 0. The third kappa shape index (κ3) is 2.88. The van der Waals surface area contributed by atoms with Gasteiger partial charge in [-0.3, -0.25) is 9.59 Å². The summed E-state index contributed by atoms with van der Waals surface area (Å²) in [5, 5.41) is 0. The van der Waals surface area contributed by atoms with E-state index < -0.39 is 18.0 Å². The van der Waals surface area contributed by atoms with Crippen LogP contribution in [0.1, 0.15) is 19.8 Å². The molecule has 1 heterocycles. The van der Waals surface area contributed by atoms with Crippen LogP contribution >= 0.6 is 0 Å². The third-order valence-corrected chi connectivity index (χ3v) is 2.80. The molecule has 0 aromatic rings. The number of methoxy groups -OCH3 is 1. The molecule has 0 amide bonds. The summed E-state index contributed by atoms with van der Waals surface area (Å²) in [4.78, 5) is 33.1. The summed E-state index contributed by atoms with van der Waals surface area (Å²) in [6, 6.07) is 0. The zero-order chi connectivity index (χ0) is 12.1. The second-order valence-corrected chi connectivity index (χ2v) is 4.00. The van der Waals surface area contributed by atoms with E-state index in [0.717, 1.165) is 0 Å². The van der Waals surface area contributed by atoms with E-state index in [0.29, 0.717) is 19.1 Å². The lowest BCUT2D eigenvalue weighted by molar-refractivity contribution is -0.147. The molecular formula is C11H16O5. The maximum absolute atomic E-state index is 11.4. The first-order valence-electron chi connectivity index (χ1n) is 5.24. The van der Waals surface area contributed by atoms with E-state index in [4.69, 9.17) is 9.47 Å². The van der Waals surface area contributed by atoms with Crippen LogP contribution in [0.4, 0.5) is 0 Å². The fourth-order valence-corrected chi connectivity index (χ4v) is 1.95. The zero-order valence-electron chi connectivity index (χ0n) is 9.47. The number of ether oxygens (including phenoxy) is 2. The van der Waals surface area contributed by atoms with Crippen LogP contribution < -0.4 is 0 Å². The smallest absolute Gasteiger partial charge is 0.312 e. The van der Waals surface area contributed by atoms with Crippen molar-refractivity contribution in [3.8, 4) is 0 Å². The maximum Gasteiger partial charge on any atom is 0.312 e. The van der Waals surface area contributed by atoms with Crippen LogP contribution in [0, 0.1) is 11.8 Å². The Morgan fingerprint density at radius 1 is 1.56 bits per heavy atom. The van der Waals surface area contributed by atoms with Gasteiger partial charge in [-0.05, 0) is 13.3 Å². The van der Waals surface area contributed by atoms with Gasteiger partial charge in [0.05, 0.1) is 12.5 Å². The van der Waals surface area contributed by atoms with Gasteiger partial charge in [-0.15, -0.1) is 0 Å². The molecule has 0 saturated carbocycles. The first-order chi connectivity index (χ1) is 7.60. The summed E-state index contributed by atoms with van der Waals surface area (Å²) in [7, 11) is 1.49. The van der Waals surface area contributed by atoms with Crippen molar-refractivity contribution in [2.24, 2.45) is 11.8 Å². The molecule has 16 heavy (non-hydrogen) atoms. The van der Waals surface area contributed by atoms with Crippen LogP contribution in [0.15, 0.2) is 0 Å². The van der Waals surface area contributed by atoms with Crippen molar-refractivity contribution < 1.29 is 23.9 Å². The van der Waals surface area contributed by atoms with E-state index in [1.165, 1.54) is 14.0 Å². The van der Waals surface area contributed by atoms with Crippen LogP contribution in [0.2, 0.25) is 0 Å². The van der Waals surface area contributed by atoms with Gasteiger partial charge in [0, 0.05) is 19.4 Å². The van der Waals surface area contributed by atoms with Gasteiger partial charge in [0.2, 0.25) is 0 Å². The molecule has 1 fully saturated rings. The van der Waals surface area contributed by atoms with Crippen LogP contribution in [0.3, 0.4) is 0 Å². The molecule has 0 unspecified atom stereocenters. The number of hydrogen-bond acceptors (Lipinski definition) is 5. The second-order valence-electron chi connectivity index (χ2n) is 4.00. The number of Topliss-reactive ketones (excluding diaryl/α,β-unsaturated/α-hetero) is 1. The summed E-state index contributed by atoms with van der Waals surface area (Å²) in [5.74, 6) is -1.04. The predicted molar refractivity (Wildman–Crippen MR) is 54.7 cm³/mol. The molecule has 1 rings (SSSR count). The number of aldehydes is 1. The molecule has 90 valence electrons. The molecule has 1 aliphatic heterocycles. The minimum Gasteiger partial charge on any atom is -0.454 e. The Morgan fingerprint density at radius 3 is 2.75 bits per heavy atom. The van der Waals surface area contributed by atoms with E-state index in [1.54, 1.807) is 0 Å². The van der Waals surface area contributed by atoms with Crippen molar-refractivity contribution in [3.05, 3.63) is 0 Å². The lowest BCUT2D eigenvalue weighted by Gasteiger charge is -2.15. The summed E-state index contributed by atoms with van der Waals surface area (Å²) in [6.45, 7) is 1.71. The lowest BCUT2D eigenvalue weighted by Crippen LogP contribution is -2.25. The van der Waals surface area contributed by atoms with Crippen LogP contribution in [-0.2, 0) is 23.9 Å². The number of ketones is 1. The lowest BCUT2D eigenvalue weighted by atomic mass is 9.87. The molecule has 5 nitrogen and oxygen atoms in total. The van der Waals surface area contributed by atoms with E-state index in [2.05, 4.69) is 0 Å². The molecule has 0 spiro atoms. The Kier molecular flexibility index (Phi) is 4.61.